The lowest BCUT2D eigenvalue weighted by Crippen LogP contribution is -2.43. The van der Waals surface area contributed by atoms with Gasteiger partial charge in [-0.15, -0.1) is 0 Å². The van der Waals surface area contributed by atoms with Gasteiger partial charge in [-0.3, -0.25) is 9.48 Å². The van der Waals surface area contributed by atoms with Gasteiger partial charge in [-0.1, -0.05) is 0 Å². The topological polar surface area (TPSA) is 139 Å². The Morgan fingerprint density at radius 2 is 2.10 bits per heavy atom. The highest BCUT2D eigenvalue weighted by Crippen LogP contribution is 2.09. The summed E-state index contributed by atoms with van der Waals surface area (Å²) in [6.07, 6.45) is 2.90. The van der Waals surface area contributed by atoms with E-state index in [4.69, 9.17) is 10.8 Å². The fraction of sp³-hybridized carbons (Fsp3) is 0.500. The first-order chi connectivity index (χ1) is 9.79. The van der Waals surface area contributed by atoms with E-state index in [-0.39, 0.29) is 18.9 Å². The minimum absolute atomic E-state index is 0.0661. The van der Waals surface area contributed by atoms with Crippen LogP contribution in [0.2, 0.25) is 0 Å². The molecule has 1 unspecified atom stereocenters. The third kappa shape index (κ3) is 5.51. The number of nitrogens with one attached hydrogen (secondary N) is 2. The second-order valence-electron chi connectivity index (χ2n) is 4.80. The number of anilines is 1. The highest BCUT2D eigenvalue weighted by Gasteiger charge is 2.20. The molecule has 9 nitrogen and oxygen atoms in total. The van der Waals surface area contributed by atoms with Crippen molar-refractivity contribution in [2.75, 3.05) is 5.32 Å². The van der Waals surface area contributed by atoms with Gasteiger partial charge in [-0.05, 0) is 20.3 Å². The number of carbonyl (C=O) groups is 3. The van der Waals surface area contributed by atoms with E-state index in [2.05, 4.69) is 15.7 Å². The highest BCUT2D eigenvalue weighted by molar-refractivity contribution is 5.92. The lowest BCUT2D eigenvalue weighted by atomic mass is 10.1. The first-order valence-electron chi connectivity index (χ1n) is 6.42. The molecule has 3 amide bonds. The summed E-state index contributed by atoms with van der Waals surface area (Å²) in [5.74, 6) is -1.86. The van der Waals surface area contributed by atoms with Crippen LogP contribution in [0.1, 0.15) is 32.7 Å². The maximum absolute atomic E-state index is 11.7. The van der Waals surface area contributed by atoms with Crippen molar-refractivity contribution >= 4 is 23.6 Å². The average molecular weight is 297 g/mol. The Balaban J connectivity index is 2.56. The van der Waals surface area contributed by atoms with E-state index >= 15 is 0 Å². The van der Waals surface area contributed by atoms with Crippen molar-refractivity contribution < 1.29 is 19.5 Å². The van der Waals surface area contributed by atoms with E-state index in [0.717, 1.165) is 0 Å². The molecule has 0 saturated heterocycles. The molecule has 1 rings (SSSR count). The summed E-state index contributed by atoms with van der Waals surface area (Å²) in [6.45, 7) is 3.86. The number of urea groups is 1. The normalized spacial score (nSPS) is 12.0. The number of hydrogen-bond donors (Lipinski definition) is 4. The molecule has 0 spiro atoms. The number of nitrogens with zero attached hydrogens (tertiary/aromatic N) is 2. The van der Waals surface area contributed by atoms with E-state index in [1.165, 1.54) is 6.20 Å². The van der Waals surface area contributed by atoms with Crippen LogP contribution in [0.4, 0.5) is 10.5 Å². The molecule has 0 aliphatic heterocycles. The van der Waals surface area contributed by atoms with Crippen LogP contribution in [-0.4, -0.2) is 38.8 Å². The highest BCUT2D eigenvalue weighted by atomic mass is 16.4. The van der Waals surface area contributed by atoms with Gasteiger partial charge in [0.1, 0.15) is 6.04 Å². The van der Waals surface area contributed by atoms with Crippen LogP contribution in [0.15, 0.2) is 12.4 Å². The van der Waals surface area contributed by atoms with Crippen molar-refractivity contribution in [3.05, 3.63) is 12.4 Å². The van der Waals surface area contributed by atoms with Gasteiger partial charge >= 0.3 is 12.0 Å². The number of hydrogen-bond acceptors (Lipinski definition) is 4. The maximum Gasteiger partial charge on any atom is 0.326 e. The molecular weight excluding hydrogens is 278 g/mol. The van der Waals surface area contributed by atoms with E-state index in [1.807, 2.05) is 13.8 Å². The molecule has 0 radical (unpaired) electrons. The Hall–Kier alpha value is -2.58. The minimum atomic E-state index is -1.23. The standard InChI is InChI=1S/C12H19N5O4/c1-7(2)17-6-8(5-14-17)15-12(21)16-9(11(19)20)3-4-10(13)18/h5-7,9H,3-4H2,1-2H3,(H2,13,18)(H,19,20)(H2,15,16,21). The summed E-state index contributed by atoms with van der Waals surface area (Å²) >= 11 is 0. The maximum atomic E-state index is 11.7. The van der Waals surface area contributed by atoms with Crippen molar-refractivity contribution in [2.24, 2.45) is 5.73 Å². The van der Waals surface area contributed by atoms with Crippen molar-refractivity contribution in [3.63, 3.8) is 0 Å². The number of rotatable bonds is 7. The summed E-state index contributed by atoms with van der Waals surface area (Å²) in [5.41, 5.74) is 5.40. The Kier molecular flexibility index (Phi) is 5.70. The number of carboxylic acid groups (broad SMARTS) is 1. The average Bonchev–Trinajstić information content (AvgIpc) is 2.82. The molecule has 1 heterocycles. The van der Waals surface area contributed by atoms with Gasteiger partial charge in [0.05, 0.1) is 11.9 Å². The quantitative estimate of drug-likeness (QED) is 0.573. The number of amides is 3. The van der Waals surface area contributed by atoms with Gasteiger partial charge in [-0.2, -0.15) is 5.10 Å². The number of nitrogens with two attached hydrogens (primary N) is 1. The van der Waals surface area contributed by atoms with Crippen LogP contribution in [0, 0.1) is 0 Å². The number of aromatic nitrogens is 2. The molecule has 1 aromatic rings. The van der Waals surface area contributed by atoms with Crippen LogP contribution >= 0.6 is 0 Å². The smallest absolute Gasteiger partial charge is 0.326 e. The molecular formula is C12H19N5O4. The first-order valence-corrected chi connectivity index (χ1v) is 6.42. The van der Waals surface area contributed by atoms with Gasteiger partial charge in [0.2, 0.25) is 5.91 Å². The van der Waals surface area contributed by atoms with Crippen LogP contribution in [0.25, 0.3) is 0 Å². The van der Waals surface area contributed by atoms with Gasteiger partial charge in [0, 0.05) is 18.7 Å². The zero-order chi connectivity index (χ0) is 16.0. The number of carbonyl (C=O) groups excluding carboxylic acids is 2. The van der Waals surface area contributed by atoms with E-state index < -0.39 is 23.9 Å². The van der Waals surface area contributed by atoms with E-state index in [9.17, 15) is 14.4 Å². The molecule has 116 valence electrons. The minimum Gasteiger partial charge on any atom is -0.480 e. The molecule has 1 atom stereocenters. The number of aliphatic carboxylic acids is 1. The first kappa shape index (κ1) is 16.5. The zero-order valence-electron chi connectivity index (χ0n) is 11.9. The van der Waals surface area contributed by atoms with Crippen molar-refractivity contribution in [1.29, 1.82) is 0 Å². The summed E-state index contributed by atoms with van der Waals surface area (Å²) in [5, 5.41) is 17.7. The van der Waals surface area contributed by atoms with Crippen LogP contribution in [0.3, 0.4) is 0 Å². The molecule has 1 aromatic heterocycles. The second kappa shape index (κ2) is 7.27. The molecule has 9 heteroatoms. The third-order valence-corrected chi connectivity index (χ3v) is 2.67. The molecule has 0 aliphatic rings. The lowest BCUT2D eigenvalue weighted by Gasteiger charge is -2.13. The van der Waals surface area contributed by atoms with Gasteiger partial charge in [0.15, 0.2) is 0 Å². The number of carboxylic acids is 1. The Morgan fingerprint density at radius 3 is 2.57 bits per heavy atom. The summed E-state index contributed by atoms with van der Waals surface area (Å²) < 4.78 is 1.65. The van der Waals surface area contributed by atoms with Crippen molar-refractivity contribution in [1.82, 2.24) is 15.1 Å². The largest absolute Gasteiger partial charge is 0.480 e. The third-order valence-electron chi connectivity index (χ3n) is 2.67. The molecule has 21 heavy (non-hydrogen) atoms. The fourth-order valence-electron chi connectivity index (χ4n) is 1.55. The monoisotopic (exact) mass is 297 g/mol. The summed E-state index contributed by atoms with van der Waals surface area (Å²) in [6, 6.07) is -1.72. The van der Waals surface area contributed by atoms with E-state index in [0.29, 0.717) is 5.69 Å². The number of primary amides is 1. The zero-order valence-corrected chi connectivity index (χ0v) is 11.9. The van der Waals surface area contributed by atoms with Crippen LogP contribution < -0.4 is 16.4 Å². The SMILES string of the molecule is CC(C)n1cc(NC(=O)NC(CCC(N)=O)C(=O)O)cn1. The molecule has 0 bridgehead atoms. The fourth-order valence-corrected chi connectivity index (χ4v) is 1.55. The molecule has 0 saturated carbocycles. The predicted molar refractivity (Wildman–Crippen MR) is 74.6 cm³/mol. The van der Waals surface area contributed by atoms with E-state index in [1.54, 1.807) is 10.9 Å². The predicted octanol–water partition coefficient (Wildman–Crippen LogP) is 0.304. The molecule has 0 aromatic carbocycles. The van der Waals surface area contributed by atoms with Gasteiger partial charge in [-0.25, -0.2) is 9.59 Å². The van der Waals surface area contributed by atoms with Gasteiger partial charge in [0.25, 0.3) is 0 Å². The van der Waals surface area contributed by atoms with Gasteiger partial charge < -0.3 is 21.5 Å². The summed E-state index contributed by atoms with van der Waals surface area (Å²) in [4.78, 5) is 33.4. The molecule has 0 aliphatic carbocycles. The molecule has 5 N–H and O–H groups in total. The molecule has 0 fully saturated rings. The Labute approximate surface area is 121 Å². The second-order valence-corrected chi connectivity index (χ2v) is 4.80. The Morgan fingerprint density at radius 1 is 1.43 bits per heavy atom. The van der Waals surface area contributed by atoms with Crippen molar-refractivity contribution in [2.45, 2.75) is 38.8 Å². The Bertz CT molecular complexity index is 525. The van der Waals surface area contributed by atoms with Crippen LogP contribution in [0.5, 0.6) is 0 Å². The lowest BCUT2D eigenvalue weighted by molar-refractivity contribution is -0.139. The summed E-state index contributed by atoms with van der Waals surface area (Å²) in [7, 11) is 0. The van der Waals surface area contributed by atoms with Crippen LogP contribution in [-0.2, 0) is 9.59 Å². The van der Waals surface area contributed by atoms with Crippen molar-refractivity contribution in [3.8, 4) is 0 Å².